The molecule has 0 unspecified atom stereocenters. The molecule has 0 aliphatic heterocycles. The number of alkyl halides is 3. The maximum Gasteiger partial charge on any atom is 0.471 e. The summed E-state index contributed by atoms with van der Waals surface area (Å²) in [5.41, 5.74) is 0.839. The highest BCUT2D eigenvalue weighted by Gasteiger charge is 2.39. The topological polar surface area (TPSA) is 67.4 Å². The number of nitrogens with one attached hydrogen (secondary N) is 2. The fourth-order valence-electron chi connectivity index (χ4n) is 3.00. The molecule has 10 heteroatoms. The molecule has 3 rings (SSSR count). The van der Waals surface area contributed by atoms with Crippen LogP contribution in [0.3, 0.4) is 0 Å². The van der Waals surface area contributed by atoms with E-state index in [4.69, 9.17) is 4.74 Å². The third-order valence-corrected chi connectivity index (χ3v) is 5.16. The lowest BCUT2D eigenvalue weighted by Crippen LogP contribution is -2.30. The number of carbonyl (C=O) groups excluding carboxylic acids is 2. The lowest BCUT2D eigenvalue weighted by molar-refractivity contribution is -0.167. The summed E-state index contributed by atoms with van der Waals surface area (Å²) in [5.74, 6) is -2.79. The molecule has 1 amide bonds. The van der Waals surface area contributed by atoms with Crippen LogP contribution in [0.2, 0.25) is 0 Å². The van der Waals surface area contributed by atoms with Crippen LogP contribution < -0.4 is 15.4 Å². The largest absolute Gasteiger partial charge is 0.497 e. The Labute approximate surface area is 194 Å². The monoisotopic (exact) mass is 524 g/mol. The SMILES string of the molecule is COc1ccc(C(=O)c2ccc(Nc3cc(Br)ccc3NC(=O)C(F)(F)F)c(F)c2)c(C)c1. The first-order chi connectivity index (χ1) is 15.5. The molecule has 0 aliphatic carbocycles. The summed E-state index contributed by atoms with van der Waals surface area (Å²) in [7, 11) is 1.50. The van der Waals surface area contributed by atoms with E-state index in [1.807, 2.05) is 0 Å². The minimum absolute atomic E-state index is 0.0194. The Morgan fingerprint density at radius 2 is 1.64 bits per heavy atom. The first kappa shape index (κ1) is 24.2. The number of ether oxygens (including phenoxy) is 1. The Hall–Kier alpha value is -3.40. The minimum Gasteiger partial charge on any atom is -0.497 e. The molecule has 5 nitrogen and oxygen atoms in total. The van der Waals surface area contributed by atoms with E-state index < -0.39 is 23.7 Å². The Morgan fingerprint density at radius 1 is 0.939 bits per heavy atom. The lowest BCUT2D eigenvalue weighted by Gasteiger charge is -2.15. The quantitative estimate of drug-likeness (QED) is 0.290. The maximum atomic E-state index is 14.8. The molecule has 0 heterocycles. The summed E-state index contributed by atoms with van der Waals surface area (Å²) in [4.78, 5) is 24.1. The van der Waals surface area contributed by atoms with Crippen molar-refractivity contribution in [3.63, 3.8) is 0 Å². The number of rotatable bonds is 6. The third kappa shape index (κ3) is 5.70. The first-order valence-corrected chi connectivity index (χ1v) is 10.2. The molecule has 0 saturated heterocycles. The number of aryl methyl sites for hydroxylation is 1. The second-order valence-electron chi connectivity index (χ2n) is 6.97. The maximum absolute atomic E-state index is 14.8. The number of carbonyl (C=O) groups is 2. The van der Waals surface area contributed by atoms with Gasteiger partial charge in [-0.15, -0.1) is 0 Å². The van der Waals surface area contributed by atoms with Crippen molar-refractivity contribution in [1.82, 2.24) is 0 Å². The van der Waals surface area contributed by atoms with E-state index in [1.165, 1.54) is 37.4 Å². The molecular weight excluding hydrogens is 508 g/mol. The fraction of sp³-hybridized carbons (Fsp3) is 0.130. The number of amides is 1. The first-order valence-electron chi connectivity index (χ1n) is 9.43. The van der Waals surface area contributed by atoms with E-state index in [2.05, 4.69) is 21.2 Å². The van der Waals surface area contributed by atoms with E-state index in [-0.39, 0.29) is 22.6 Å². The molecule has 0 saturated carbocycles. The Bertz CT molecular complexity index is 1230. The van der Waals surface area contributed by atoms with Gasteiger partial charge in [0.2, 0.25) is 0 Å². The minimum atomic E-state index is -5.09. The van der Waals surface area contributed by atoms with Gasteiger partial charge in [0, 0.05) is 15.6 Å². The zero-order valence-electron chi connectivity index (χ0n) is 17.3. The van der Waals surface area contributed by atoms with Crippen LogP contribution in [-0.4, -0.2) is 25.0 Å². The lowest BCUT2D eigenvalue weighted by atomic mass is 9.98. The molecule has 0 aromatic heterocycles. The molecular formula is C23H17BrF4N2O3. The zero-order chi connectivity index (χ0) is 24.3. The van der Waals surface area contributed by atoms with Crippen LogP contribution in [0.4, 0.5) is 34.6 Å². The van der Waals surface area contributed by atoms with Crippen molar-refractivity contribution in [3.8, 4) is 5.75 Å². The van der Waals surface area contributed by atoms with Crippen molar-refractivity contribution in [2.75, 3.05) is 17.7 Å². The van der Waals surface area contributed by atoms with E-state index in [9.17, 15) is 27.2 Å². The molecule has 3 aromatic rings. The van der Waals surface area contributed by atoms with Crippen LogP contribution in [0.1, 0.15) is 21.5 Å². The molecule has 0 aliphatic rings. The molecule has 0 bridgehead atoms. The number of methoxy groups -OCH3 is 1. The molecule has 0 atom stereocenters. The average Bonchev–Trinajstić information content (AvgIpc) is 2.75. The van der Waals surface area contributed by atoms with Gasteiger partial charge in [-0.1, -0.05) is 15.9 Å². The molecule has 2 N–H and O–H groups in total. The summed E-state index contributed by atoms with van der Waals surface area (Å²) in [6.45, 7) is 1.73. The van der Waals surface area contributed by atoms with Crippen molar-refractivity contribution in [2.45, 2.75) is 13.1 Å². The van der Waals surface area contributed by atoms with Crippen LogP contribution >= 0.6 is 15.9 Å². The molecule has 0 fully saturated rings. The van der Waals surface area contributed by atoms with Gasteiger partial charge in [0.25, 0.3) is 0 Å². The van der Waals surface area contributed by atoms with Gasteiger partial charge in [-0.2, -0.15) is 13.2 Å². The van der Waals surface area contributed by atoms with E-state index in [1.54, 1.807) is 30.4 Å². The van der Waals surface area contributed by atoms with Gasteiger partial charge < -0.3 is 15.4 Å². The van der Waals surface area contributed by atoms with Crippen molar-refractivity contribution in [1.29, 1.82) is 0 Å². The number of hydrogen-bond donors (Lipinski definition) is 2. The summed E-state index contributed by atoms with van der Waals surface area (Å²) in [6, 6.07) is 12.6. The second kappa shape index (κ2) is 9.62. The van der Waals surface area contributed by atoms with Gasteiger partial charge in [0.15, 0.2) is 5.78 Å². The van der Waals surface area contributed by atoms with Gasteiger partial charge in [-0.3, -0.25) is 9.59 Å². The van der Waals surface area contributed by atoms with Crippen molar-refractivity contribution < 1.29 is 31.9 Å². The predicted octanol–water partition coefficient (Wildman–Crippen LogP) is 6.38. The summed E-state index contributed by atoms with van der Waals surface area (Å²) < 4.78 is 58.3. The van der Waals surface area contributed by atoms with Gasteiger partial charge in [0.1, 0.15) is 11.6 Å². The van der Waals surface area contributed by atoms with E-state index in [0.717, 1.165) is 6.07 Å². The summed E-state index contributed by atoms with van der Waals surface area (Å²) >= 11 is 3.19. The highest BCUT2D eigenvalue weighted by atomic mass is 79.9. The summed E-state index contributed by atoms with van der Waals surface area (Å²) in [6.07, 6.45) is -5.09. The highest BCUT2D eigenvalue weighted by Crippen LogP contribution is 2.32. The number of hydrogen-bond acceptors (Lipinski definition) is 4. The van der Waals surface area contributed by atoms with Crippen molar-refractivity contribution in [3.05, 3.63) is 81.6 Å². The second-order valence-corrected chi connectivity index (χ2v) is 7.89. The predicted molar refractivity (Wildman–Crippen MR) is 120 cm³/mol. The van der Waals surface area contributed by atoms with Crippen LogP contribution in [0.25, 0.3) is 0 Å². The van der Waals surface area contributed by atoms with Crippen LogP contribution in [0.15, 0.2) is 59.1 Å². The van der Waals surface area contributed by atoms with Crippen molar-refractivity contribution in [2.24, 2.45) is 0 Å². The smallest absolute Gasteiger partial charge is 0.471 e. The average molecular weight is 525 g/mol. The molecule has 172 valence electrons. The Balaban J connectivity index is 1.88. The number of ketones is 1. The Kier molecular flexibility index (Phi) is 7.06. The Morgan fingerprint density at radius 3 is 2.24 bits per heavy atom. The van der Waals surface area contributed by atoms with E-state index >= 15 is 0 Å². The van der Waals surface area contributed by atoms with Crippen molar-refractivity contribution >= 4 is 44.7 Å². The standard InChI is InChI=1S/C23H17BrF4N2O3/c1-12-9-15(33-2)5-6-16(12)21(31)13-3-7-18(17(25)10-13)29-20-11-14(24)4-8-19(20)30-22(32)23(26,27)28/h3-11,29H,1-2H3,(H,30,32). The summed E-state index contributed by atoms with van der Waals surface area (Å²) in [5, 5.41) is 4.41. The van der Waals surface area contributed by atoms with E-state index in [0.29, 0.717) is 21.3 Å². The molecule has 3 aromatic carbocycles. The van der Waals surface area contributed by atoms with Crippen LogP contribution in [0.5, 0.6) is 5.75 Å². The van der Waals surface area contributed by atoms with Crippen LogP contribution in [-0.2, 0) is 4.79 Å². The zero-order valence-corrected chi connectivity index (χ0v) is 18.9. The van der Waals surface area contributed by atoms with Gasteiger partial charge in [-0.25, -0.2) is 4.39 Å². The van der Waals surface area contributed by atoms with Gasteiger partial charge in [0.05, 0.1) is 24.2 Å². The normalized spacial score (nSPS) is 11.1. The molecule has 0 radical (unpaired) electrons. The number of anilines is 3. The molecule has 0 spiro atoms. The van der Waals surface area contributed by atoms with Crippen LogP contribution in [0, 0.1) is 12.7 Å². The fourth-order valence-corrected chi connectivity index (χ4v) is 3.36. The highest BCUT2D eigenvalue weighted by molar-refractivity contribution is 9.10. The third-order valence-electron chi connectivity index (χ3n) is 4.67. The number of benzene rings is 3. The van der Waals surface area contributed by atoms with Gasteiger partial charge in [-0.05, 0) is 67.1 Å². The van der Waals surface area contributed by atoms with Gasteiger partial charge >= 0.3 is 12.1 Å². The molecule has 33 heavy (non-hydrogen) atoms. The number of halogens is 5.